The number of para-hydroxylation sites is 1. The fraction of sp³-hybridized carbons (Fsp3) is 0.125. The molecule has 5 aromatic rings. The summed E-state index contributed by atoms with van der Waals surface area (Å²) in [6.45, 7) is 4.04. The lowest BCUT2D eigenvalue weighted by molar-refractivity contribution is 0.585. The summed E-state index contributed by atoms with van der Waals surface area (Å²) in [6.07, 6.45) is 1.41. The average Bonchev–Trinajstić information content (AvgIpc) is 3.41. The summed E-state index contributed by atoms with van der Waals surface area (Å²) in [7, 11) is 1.69. The van der Waals surface area contributed by atoms with Crippen LogP contribution in [0.2, 0.25) is 5.02 Å². The van der Waals surface area contributed by atoms with Crippen molar-refractivity contribution in [2.75, 3.05) is 17.7 Å². The Hall–Kier alpha value is -3.91. The molecule has 3 heterocycles. The van der Waals surface area contributed by atoms with Crippen molar-refractivity contribution in [1.29, 1.82) is 0 Å². The summed E-state index contributed by atoms with van der Waals surface area (Å²) in [5.74, 6) is 0.528. The molecule has 0 aliphatic rings. The van der Waals surface area contributed by atoms with Gasteiger partial charge in [0.1, 0.15) is 23.0 Å². The third-order valence-corrected chi connectivity index (χ3v) is 5.65. The van der Waals surface area contributed by atoms with Crippen molar-refractivity contribution >= 4 is 34.8 Å². The number of rotatable bonds is 5. The highest BCUT2D eigenvalue weighted by Gasteiger charge is 2.22. The van der Waals surface area contributed by atoms with E-state index >= 15 is 0 Å². The second kappa shape index (κ2) is 8.22. The van der Waals surface area contributed by atoms with E-state index in [0.29, 0.717) is 33.3 Å². The molecule has 166 valence electrons. The van der Waals surface area contributed by atoms with Crippen LogP contribution in [0.5, 0.6) is 0 Å². The van der Waals surface area contributed by atoms with Crippen LogP contribution < -0.4 is 10.6 Å². The molecule has 0 aliphatic carbocycles. The van der Waals surface area contributed by atoms with Crippen molar-refractivity contribution in [2.45, 2.75) is 13.8 Å². The van der Waals surface area contributed by atoms with Gasteiger partial charge in [-0.1, -0.05) is 41.0 Å². The van der Waals surface area contributed by atoms with Gasteiger partial charge in [0, 0.05) is 35.1 Å². The number of nitrogens with zero attached hydrogens (tertiary/aromatic N) is 4. The first-order valence-corrected chi connectivity index (χ1v) is 10.6. The van der Waals surface area contributed by atoms with Crippen molar-refractivity contribution < 1.29 is 8.81 Å². The van der Waals surface area contributed by atoms with Crippen LogP contribution in [0.25, 0.3) is 28.4 Å². The summed E-state index contributed by atoms with van der Waals surface area (Å²) in [4.78, 5) is 4.81. The maximum atomic E-state index is 14.2. The minimum absolute atomic E-state index is 0.280. The number of benzene rings is 2. The number of nitrogens with one attached hydrogen (secondary N) is 2. The van der Waals surface area contributed by atoms with Crippen LogP contribution >= 0.6 is 11.6 Å². The third kappa shape index (κ3) is 3.78. The third-order valence-electron chi connectivity index (χ3n) is 5.41. The van der Waals surface area contributed by atoms with E-state index in [2.05, 4.69) is 20.8 Å². The van der Waals surface area contributed by atoms with Gasteiger partial charge in [-0.15, -0.1) is 5.10 Å². The van der Waals surface area contributed by atoms with Crippen molar-refractivity contribution in [1.82, 2.24) is 19.6 Å². The number of aryl methyl sites for hydroxylation is 2. The number of fused-ring (bicyclic) bond motifs is 1. The molecule has 0 saturated heterocycles. The Bertz CT molecular complexity index is 1470. The van der Waals surface area contributed by atoms with E-state index in [-0.39, 0.29) is 17.7 Å². The monoisotopic (exact) mass is 462 g/mol. The lowest BCUT2D eigenvalue weighted by atomic mass is 10.0. The number of pyridine rings is 1. The first-order chi connectivity index (χ1) is 15.9. The van der Waals surface area contributed by atoms with Crippen LogP contribution in [0.1, 0.15) is 11.1 Å². The molecule has 0 bridgehead atoms. The predicted octanol–water partition coefficient (Wildman–Crippen LogP) is 6.25. The predicted molar refractivity (Wildman–Crippen MR) is 128 cm³/mol. The molecule has 5 rings (SSSR count). The summed E-state index contributed by atoms with van der Waals surface area (Å²) in [5, 5.41) is 15.0. The fourth-order valence-electron chi connectivity index (χ4n) is 3.79. The Morgan fingerprint density at radius 3 is 2.52 bits per heavy atom. The molecule has 0 fully saturated rings. The van der Waals surface area contributed by atoms with Gasteiger partial charge in [0.25, 0.3) is 0 Å². The molecule has 2 aromatic carbocycles. The van der Waals surface area contributed by atoms with Gasteiger partial charge in [0.05, 0.1) is 0 Å². The van der Waals surface area contributed by atoms with Crippen molar-refractivity contribution in [3.8, 4) is 22.7 Å². The van der Waals surface area contributed by atoms with Gasteiger partial charge in [-0.3, -0.25) is 4.40 Å². The minimum Gasteiger partial charge on any atom is -0.403 e. The summed E-state index contributed by atoms with van der Waals surface area (Å²) >= 11 is 6.31. The minimum atomic E-state index is -0.372. The zero-order valence-corrected chi connectivity index (χ0v) is 18.9. The van der Waals surface area contributed by atoms with Gasteiger partial charge >= 0.3 is 6.01 Å². The molecule has 0 radical (unpaired) electrons. The van der Waals surface area contributed by atoms with E-state index in [9.17, 15) is 4.39 Å². The number of halogens is 2. The second-order valence-electron chi connectivity index (χ2n) is 7.63. The maximum absolute atomic E-state index is 14.2. The molecular weight excluding hydrogens is 443 g/mol. The van der Waals surface area contributed by atoms with E-state index in [1.807, 2.05) is 38.1 Å². The van der Waals surface area contributed by atoms with E-state index in [1.54, 1.807) is 29.6 Å². The Labute approximate surface area is 194 Å². The number of anilines is 3. The lowest BCUT2D eigenvalue weighted by Gasteiger charge is -2.15. The normalized spacial score (nSPS) is 11.2. The molecule has 3 aromatic heterocycles. The van der Waals surface area contributed by atoms with Crippen LogP contribution in [0, 0.1) is 19.7 Å². The zero-order valence-electron chi connectivity index (χ0n) is 18.1. The van der Waals surface area contributed by atoms with Crippen LogP contribution in [0.4, 0.5) is 21.9 Å². The number of hydrogen-bond acceptors (Lipinski definition) is 6. The molecule has 0 saturated carbocycles. The highest BCUT2D eigenvalue weighted by atomic mass is 35.5. The summed E-state index contributed by atoms with van der Waals surface area (Å²) < 4.78 is 21.6. The van der Waals surface area contributed by atoms with Crippen LogP contribution in [-0.2, 0) is 0 Å². The molecule has 0 amide bonds. The molecule has 7 nitrogen and oxygen atoms in total. The number of aromatic nitrogens is 4. The largest absolute Gasteiger partial charge is 0.403 e. The quantitative estimate of drug-likeness (QED) is 0.321. The lowest BCUT2D eigenvalue weighted by Crippen LogP contribution is -2.01. The van der Waals surface area contributed by atoms with E-state index in [0.717, 1.165) is 16.8 Å². The molecule has 0 unspecified atom stereocenters. The molecule has 0 atom stereocenters. The number of hydrogen-bond donors (Lipinski definition) is 2. The molecule has 33 heavy (non-hydrogen) atoms. The van der Waals surface area contributed by atoms with Gasteiger partial charge in [-0.25, -0.2) is 9.37 Å². The Kier molecular flexibility index (Phi) is 5.22. The van der Waals surface area contributed by atoms with Gasteiger partial charge in [0.2, 0.25) is 5.89 Å². The van der Waals surface area contributed by atoms with Gasteiger partial charge < -0.3 is 15.1 Å². The topological polar surface area (TPSA) is 80.3 Å². The first-order valence-electron chi connectivity index (χ1n) is 10.3. The molecule has 2 N–H and O–H groups in total. The highest BCUT2D eigenvalue weighted by Crippen LogP contribution is 2.39. The van der Waals surface area contributed by atoms with E-state index in [4.69, 9.17) is 21.0 Å². The van der Waals surface area contributed by atoms with Crippen molar-refractivity contribution in [2.24, 2.45) is 0 Å². The van der Waals surface area contributed by atoms with Crippen LogP contribution in [0.15, 0.2) is 59.1 Å². The smallest absolute Gasteiger partial charge is 0.315 e. The summed E-state index contributed by atoms with van der Waals surface area (Å²) in [6, 6.07) is 14.7. The standard InChI is InChI=1S/C24H20ClFN6O/c1-13-5-4-6-14(2)20(13)29-22-21(28-19-10-8-16(26)12-32(19)22)17-9-7-15(25)11-18(17)23-30-31-24(27-3)33-23/h4-12,29H,1-3H3,(H,27,31). The second-order valence-corrected chi connectivity index (χ2v) is 8.07. The Morgan fingerprint density at radius 2 is 1.79 bits per heavy atom. The van der Waals surface area contributed by atoms with E-state index < -0.39 is 0 Å². The van der Waals surface area contributed by atoms with E-state index in [1.165, 1.54) is 12.3 Å². The molecule has 0 aliphatic heterocycles. The SMILES string of the molecule is CNc1nnc(-c2cc(Cl)ccc2-c2nc3ccc(F)cn3c2Nc2c(C)cccc2C)o1. The van der Waals surface area contributed by atoms with Gasteiger partial charge in [-0.05, 0) is 49.2 Å². The highest BCUT2D eigenvalue weighted by molar-refractivity contribution is 6.31. The molecule has 9 heteroatoms. The Morgan fingerprint density at radius 1 is 1.00 bits per heavy atom. The van der Waals surface area contributed by atoms with Crippen molar-refractivity contribution in [3.05, 3.63) is 76.7 Å². The average molecular weight is 463 g/mol. The van der Waals surface area contributed by atoms with Gasteiger partial charge in [-0.2, -0.15) is 0 Å². The maximum Gasteiger partial charge on any atom is 0.315 e. The summed E-state index contributed by atoms with van der Waals surface area (Å²) in [5.41, 5.74) is 5.55. The van der Waals surface area contributed by atoms with Crippen LogP contribution in [-0.4, -0.2) is 26.6 Å². The molecule has 0 spiro atoms. The van der Waals surface area contributed by atoms with Crippen molar-refractivity contribution in [3.63, 3.8) is 0 Å². The van der Waals surface area contributed by atoms with Crippen LogP contribution in [0.3, 0.4) is 0 Å². The van der Waals surface area contributed by atoms with Gasteiger partial charge in [0.15, 0.2) is 0 Å². The Balaban J connectivity index is 1.77. The fourth-order valence-corrected chi connectivity index (χ4v) is 3.96. The molecular formula is C24H20ClFN6O. The zero-order chi connectivity index (χ0) is 23.1. The number of imidazole rings is 1. The first kappa shape index (κ1) is 21.0.